The first-order valence-corrected chi connectivity index (χ1v) is 5.20. The van der Waals surface area contributed by atoms with Crippen molar-refractivity contribution in [3.05, 3.63) is 0 Å². The summed E-state index contributed by atoms with van der Waals surface area (Å²) in [6.07, 6.45) is 0. The number of hydrogen-bond acceptors (Lipinski definition) is 5. The van der Waals surface area contributed by atoms with Crippen molar-refractivity contribution in [1.29, 1.82) is 0 Å². The third kappa shape index (κ3) is 1.72. The van der Waals surface area contributed by atoms with E-state index in [4.69, 9.17) is 5.73 Å². The van der Waals surface area contributed by atoms with Gasteiger partial charge in [0.1, 0.15) is 11.4 Å². The summed E-state index contributed by atoms with van der Waals surface area (Å²) in [7, 11) is 0. The van der Waals surface area contributed by atoms with Crippen molar-refractivity contribution < 1.29 is 44.3 Å². The summed E-state index contributed by atoms with van der Waals surface area (Å²) < 4.78 is -0.521. The number of carbonyl (C=O) groups is 2. The number of amides is 1. The molecule has 0 aromatic heterocycles. The molecule has 0 bridgehead atoms. The van der Waals surface area contributed by atoms with E-state index in [9.17, 15) is 14.7 Å². The van der Waals surface area contributed by atoms with Gasteiger partial charge in [-0.3, -0.25) is 4.79 Å². The molecular formula is C8H11N2NaO3S. The van der Waals surface area contributed by atoms with Crippen LogP contribution in [0.25, 0.3) is 0 Å². The Morgan fingerprint density at radius 1 is 1.60 bits per heavy atom. The van der Waals surface area contributed by atoms with Crippen LogP contribution in [0.4, 0.5) is 0 Å². The van der Waals surface area contributed by atoms with Crippen molar-refractivity contribution in [1.82, 2.24) is 4.90 Å². The Hall–Kier alpha value is 0.250. The molecule has 0 aromatic rings. The van der Waals surface area contributed by atoms with E-state index in [-0.39, 0.29) is 40.8 Å². The van der Waals surface area contributed by atoms with Gasteiger partial charge in [0.2, 0.25) is 5.91 Å². The summed E-state index contributed by atoms with van der Waals surface area (Å²) in [4.78, 5) is 23.6. The second-order valence-corrected chi connectivity index (χ2v) is 5.88. The summed E-state index contributed by atoms with van der Waals surface area (Å²) in [6.45, 7) is 3.58. The molecule has 0 aromatic carbocycles. The van der Waals surface area contributed by atoms with Crippen LogP contribution in [0.15, 0.2) is 0 Å². The van der Waals surface area contributed by atoms with E-state index in [2.05, 4.69) is 0 Å². The second-order valence-electron chi connectivity index (χ2n) is 4.10. The fraction of sp³-hybridized carbons (Fsp3) is 0.750. The van der Waals surface area contributed by atoms with Crippen LogP contribution in [-0.2, 0) is 9.59 Å². The molecule has 3 unspecified atom stereocenters. The Labute approximate surface area is 114 Å². The van der Waals surface area contributed by atoms with E-state index in [0.717, 1.165) is 0 Å². The van der Waals surface area contributed by atoms with Crippen molar-refractivity contribution in [2.24, 2.45) is 5.73 Å². The Balaban J connectivity index is 0.00000112. The fourth-order valence-corrected chi connectivity index (χ4v) is 3.59. The number of nitrogens with two attached hydrogens (primary N) is 1. The van der Waals surface area contributed by atoms with E-state index in [0.29, 0.717) is 0 Å². The minimum absolute atomic E-state index is 0. The van der Waals surface area contributed by atoms with Crippen molar-refractivity contribution in [3.8, 4) is 0 Å². The number of thioether (sulfide) groups is 1. The van der Waals surface area contributed by atoms with Crippen LogP contribution in [-0.4, -0.2) is 39.0 Å². The van der Waals surface area contributed by atoms with E-state index < -0.39 is 22.8 Å². The smallest absolute Gasteiger partial charge is 0.548 e. The van der Waals surface area contributed by atoms with Crippen molar-refractivity contribution in [2.45, 2.75) is 36.1 Å². The van der Waals surface area contributed by atoms with Gasteiger partial charge >= 0.3 is 29.6 Å². The molecule has 0 aliphatic carbocycles. The predicted molar refractivity (Wildman–Crippen MR) is 49.1 cm³/mol. The first-order chi connectivity index (χ1) is 6.36. The summed E-state index contributed by atoms with van der Waals surface area (Å²) in [5, 5.41) is 10.7. The molecule has 5 nitrogen and oxygen atoms in total. The summed E-state index contributed by atoms with van der Waals surface area (Å²) >= 11 is 1.43. The van der Waals surface area contributed by atoms with Gasteiger partial charge in [-0.2, -0.15) is 0 Å². The SMILES string of the molecule is CC1(C)SC2C(N)C(=O)N2C1C(=O)[O-].[Na+]. The molecule has 2 rings (SSSR count). The maximum Gasteiger partial charge on any atom is 1.00 e. The topological polar surface area (TPSA) is 86.5 Å². The van der Waals surface area contributed by atoms with Gasteiger partial charge in [-0.25, -0.2) is 0 Å². The fourth-order valence-electron chi connectivity index (χ4n) is 2.02. The van der Waals surface area contributed by atoms with Crippen molar-refractivity contribution >= 4 is 23.6 Å². The number of carboxylic acids is 1. The number of fused-ring (bicyclic) bond motifs is 1. The largest absolute Gasteiger partial charge is 1.00 e. The average molecular weight is 238 g/mol. The maximum absolute atomic E-state index is 11.3. The summed E-state index contributed by atoms with van der Waals surface area (Å²) in [5.74, 6) is -1.49. The van der Waals surface area contributed by atoms with E-state index in [1.807, 2.05) is 0 Å². The number of nitrogens with zero attached hydrogens (tertiary/aromatic N) is 1. The van der Waals surface area contributed by atoms with E-state index in [1.165, 1.54) is 16.7 Å². The van der Waals surface area contributed by atoms with Gasteiger partial charge in [0.15, 0.2) is 0 Å². The van der Waals surface area contributed by atoms with Gasteiger partial charge in [0.05, 0.1) is 12.0 Å². The van der Waals surface area contributed by atoms with Gasteiger partial charge < -0.3 is 20.5 Å². The first-order valence-electron chi connectivity index (χ1n) is 4.32. The standard InChI is InChI=1S/C8H12N2O3S.Na/c1-8(2)4(7(12)13)10-5(11)3(9)6(10)14-8;/h3-4,6H,9H2,1-2H3,(H,12,13);/q;+1/p-1. The van der Waals surface area contributed by atoms with Gasteiger partial charge in [-0.05, 0) is 13.8 Å². The number of carboxylic acid groups (broad SMARTS) is 1. The molecule has 1 amide bonds. The minimum atomic E-state index is -1.20. The first kappa shape index (κ1) is 13.3. The van der Waals surface area contributed by atoms with Crippen molar-refractivity contribution in [3.63, 3.8) is 0 Å². The Morgan fingerprint density at radius 3 is 2.60 bits per heavy atom. The number of β-lactam (4-membered cyclic amide) rings is 1. The molecule has 78 valence electrons. The zero-order valence-electron chi connectivity index (χ0n) is 8.89. The third-order valence-electron chi connectivity index (χ3n) is 2.71. The second kappa shape index (κ2) is 3.92. The monoisotopic (exact) mass is 238 g/mol. The molecule has 0 radical (unpaired) electrons. The molecule has 2 aliphatic rings. The minimum Gasteiger partial charge on any atom is -0.548 e. The predicted octanol–water partition coefficient (Wildman–Crippen LogP) is -4.87. The average Bonchev–Trinajstić information content (AvgIpc) is 2.34. The number of hydrogen-bond donors (Lipinski definition) is 1. The van der Waals surface area contributed by atoms with Crippen LogP contribution in [0.2, 0.25) is 0 Å². The number of aliphatic carboxylic acids is 1. The maximum atomic E-state index is 11.3. The molecule has 2 heterocycles. The zero-order chi connectivity index (χ0) is 10.7. The quantitative estimate of drug-likeness (QED) is 0.366. The zero-order valence-corrected chi connectivity index (χ0v) is 11.7. The Morgan fingerprint density at radius 2 is 2.13 bits per heavy atom. The molecule has 2 aliphatic heterocycles. The van der Waals surface area contributed by atoms with Crippen LogP contribution < -0.4 is 40.4 Å². The van der Waals surface area contributed by atoms with Crippen molar-refractivity contribution in [2.75, 3.05) is 0 Å². The Kier molecular flexibility index (Phi) is 3.48. The molecule has 2 N–H and O–H groups in total. The summed E-state index contributed by atoms with van der Waals surface area (Å²) in [6, 6.07) is -1.41. The number of rotatable bonds is 1. The van der Waals surface area contributed by atoms with Gasteiger partial charge in [0, 0.05) is 4.75 Å². The normalized spacial score (nSPS) is 36.6. The Bertz CT molecular complexity index is 323. The van der Waals surface area contributed by atoms with Crippen LogP contribution in [0.3, 0.4) is 0 Å². The van der Waals surface area contributed by atoms with E-state index >= 15 is 0 Å². The van der Waals surface area contributed by atoms with Crippen LogP contribution in [0.1, 0.15) is 13.8 Å². The molecule has 3 atom stereocenters. The van der Waals surface area contributed by atoms with Crippen LogP contribution in [0, 0.1) is 0 Å². The molecular weight excluding hydrogens is 227 g/mol. The van der Waals surface area contributed by atoms with Gasteiger partial charge in [-0.15, -0.1) is 11.8 Å². The molecule has 0 spiro atoms. The summed E-state index contributed by atoms with van der Waals surface area (Å²) in [5.41, 5.74) is 5.57. The molecule has 7 heteroatoms. The van der Waals surface area contributed by atoms with Gasteiger partial charge in [0.25, 0.3) is 0 Å². The molecule has 0 saturated carbocycles. The van der Waals surface area contributed by atoms with Crippen LogP contribution >= 0.6 is 11.8 Å². The van der Waals surface area contributed by atoms with Gasteiger partial charge in [-0.1, -0.05) is 0 Å². The van der Waals surface area contributed by atoms with E-state index in [1.54, 1.807) is 13.8 Å². The molecule has 2 fully saturated rings. The number of carbonyl (C=O) groups excluding carboxylic acids is 2. The molecule has 15 heavy (non-hydrogen) atoms. The third-order valence-corrected chi connectivity index (χ3v) is 4.30. The molecule has 2 saturated heterocycles. The van der Waals surface area contributed by atoms with Crippen LogP contribution in [0.5, 0.6) is 0 Å².